The van der Waals surface area contributed by atoms with Gasteiger partial charge in [-0.15, -0.1) is 0 Å². The third-order valence-electron chi connectivity index (χ3n) is 8.50. The van der Waals surface area contributed by atoms with Gasteiger partial charge in [0.25, 0.3) is 0 Å². The molecule has 3 heterocycles. The lowest BCUT2D eigenvalue weighted by atomic mass is 9.45. The van der Waals surface area contributed by atoms with Crippen molar-refractivity contribution in [3.8, 4) is 34.3 Å². The van der Waals surface area contributed by atoms with Gasteiger partial charge >= 0.3 is 5.63 Å². The maximum atomic E-state index is 13.2. The number of ketones is 2. The van der Waals surface area contributed by atoms with Crippen molar-refractivity contribution in [3.63, 3.8) is 0 Å². The van der Waals surface area contributed by atoms with Crippen LogP contribution in [0, 0.1) is 5.41 Å². The molecule has 188 valence electrons. The minimum absolute atomic E-state index is 0.00621. The van der Waals surface area contributed by atoms with E-state index < -0.39 is 39.4 Å². The fourth-order valence-corrected chi connectivity index (χ4v) is 6.14. The predicted octanol–water partition coefficient (Wildman–Crippen LogP) is 1.71. The molecule has 4 atom stereocenters. The molecular formula is C26H24O10. The van der Waals surface area contributed by atoms with Gasteiger partial charge in [-0.3, -0.25) is 9.59 Å². The van der Waals surface area contributed by atoms with E-state index in [0.29, 0.717) is 22.8 Å². The molecule has 2 aliphatic carbocycles. The SMILES string of the molecule is COc1cc(-c2cc3c(c(=O)o2)C[C@]2(O)[C@@]4(C)C(=O)C=CC(=O)[C@]4(O)CC[C@@]2(C)O3)cc2c1OCO2. The molecule has 0 radical (unpaired) electrons. The maximum absolute atomic E-state index is 13.2. The summed E-state index contributed by atoms with van der Waals surface area (Å²) < 4.78 is 28.1. The van der Waals surface area contributed by atoms with Crippen LogP contribution < -0.4 is 24.6 Å². The molecular weight excluding hydrogens is 472 g/mol. The topological polar surface area (TPSA) is 142 Å². The number of benzene rings is 1. The number of hydrogen-bond acceptors (Lipinski definition) is 10. The van der Waals surface area contributed by atoms with E-state index in [1.54, 1.807) is 19.1 Å². The molecule has 10 heteroatoms. The Kier molecular flexibility index (Phi) is 4.42. The third kappa shape index (κ3) is 2.55. The van der Waals surface area contributed by atoms with E-state index in [4.69, 9.17) is 23.4 Å². The first-order chi connectivity index (χ1) is 17.0. The average molecular weight is 496 g/mol. The van der Waals surface area contributed by atoms with Crippen LogP contribution in [0.1, 0.15) is 32.3 Å². The first-order valence-corrected chi connectivity index (χ1v) is 11.5. The first kappa shape index (κ1) is 22.8. The summed E-state index contributed by atoms with van der Waals surface area (Å²) in [6.07, 6.45) is 1.72. The fourth-order valence-electron chi connectivity index (χ4n) is 6.14. The molecule has 1 fully saturated rings. The zero-order valence-electron chi connectivity index (χ0n) is 19.9. The van der Waals surface area contributed by atoms with Gasteiger partial charge in [0.1, 0.15) is 28.3 Å². The molecule has 10 nitrogen and oxygen atoms in total. The summed E-state index contributed by atoms with van der Waals surface area (Å²) in [4.78, 5) is 39.0. The minimum atomic E-state index is -2.13. The van der Waals surface area contributed by atoms with Crippen LogP contribution in [0.3, 0.4) is 0 Å². The first-order valence-electron chi connectivity index (χ1n) is 11.5. The quantitative estimate of drug-likeness (QED) is 0.631. The molecule has 0 saturated heterocycles. The van der Waals surface area contributed by atoms with E-state index in [1.165, 1.54) is 20.1 Å². The van der Waals surface area contributed by atoms with Gasteiger partial charge < -0.3 is 33.6 Å². The lowest BCUT2D eigenvalue weighted by molar-refractivity contribution is -0.270. The van der Waals surface area contributed by atoms with E-state index in [2.05, 4.69) is 0 Å². The molecule has 1 aromatic carbocycles. The summed E-state index contributed by atoms with van der Waals surface area (Å²) >= 11 is 0. The number of fused-ring (bicyclic) bond motifs is 5. The van der Waals surface area contributed by atoms with Crippen LogP contribution in [0.4, 0.5) is 0 Å². The van der Waals surface area contributed by atoms with Crippen molar-refractivity contribution in [2.24, 2.45) is 5.41 Å². The number of ether oxygens (including phenoxy) is 4. The van der Waals surface area contributed by atoms with Gasteiger partial charge in [-0.2, -0.15) is 0 Å². The number of aliphatic hydroxyl groups is 2. The van der Waals surface area contributed by atoms with E-state index >= 15 is 0 Å². The van der Waals surface area contributed by atoms with Crippen LogP contribution in [-0.2, 0) is 16.0 Å². The van der Waals surface area contributed by atoms with Crippen molar-refractivity contribution < 1.29 is 43.2 Å². The molecule has 0 unspecified atom stereocenters. The van der Waals surface area contributed by atoms with E-state index in [1.807, 2.05) is 0 Å². The van der Waals surface area contributed by atoms with Crippen LogP contribution in [0.2, 0.25) is 0 Å². The average Bonchev–Trinajstić information content (AvgIpc) is 3.33. The molecule has 1 saturated carbocycles. The lowest BCUT2D eigenvalue weighted by Gasteiger charge is -2.63. The summed E-state index contributed by atoms with van der Waals surface area (Å²) in [5.74, 6) is 0.359. The highest BCUT2D eigenvalue weighted by Gasteiger charge is 2.76. The second kappa shape index (κ2) is 6.98. The smallest absolute Gasteiger partial charge is 0.343 e. The largest absolute Gasteiger partial charge is 0.493 e. The van der Waals surface area contributed by atoms with E-state index in [0.717, 1.165) is 12.2 Å². The van der Waals surface area contributed by atoms with Crippen molar-refractivity contribution >= 4 is 11.6 Å². The van der Waals surface area contributed by atoms with Gasteiger partial charge in [0.05, 0.1) is 18.1 Å². The van der Waals surface area contributed by atoms with Gasteiger partial charge in [0.15, 0.2) is 23.1 Å². The summed E-state index contributed by atoms with van der Waals surface area (Å²) in [6, 6.07) is 4.83. The Hall–Kier alpha value is -3.63. The van der Waals surface area contributed by atoms with Crippen molar-refractivity contribution in [1.82, 2.24) is 0 Å². The normalized spacial score (nSPS) is 33.9. The molecule has 6 rings (SSSR count). The molecule has 0 spiro atoms. The molecule has 36 heavy (non-hydrogen) atoms. The molecule has 2 aromatic rings. The summed E-state index contributed by atoms with van der Waals surface area (Å²) in [5, 5.41) is 23.4. The number of rotatable bonds is 2. The summed E-state index contributed by atoms with van der Waals surface area (Å²) in [7, 11) is 1.48. The standard InChI is InChI=1S/C26H24O10/c1-23-6-7-25(30)20(28)5-4-19(27)24(25,2)26(23,31)11-14-16(36-23)10-15(35-22(14)29)13-8-17(32-3)21-18(9-13)33-12-34-21/h4-5,8-10,30-31H,6-7,11-12H2,1-3H3/t23-,24+,25-,26-/m1/s1. The van der Waals surface area contributed by atoms with Gasteiger partial charge in [-0.05, 0) is 51.0 Å². The molecule has 2 N–H and O–H groups in total. The van der Waals surface area contributed by atoms with Gasteiger partial charge in [0.2, 0.25) is 12.5 Å². The number of hydrogen-bond donors (Lipinski definition) is 2. The monoisotopic (exact) mass is 496 g/mol. The van der Waals surface area contributed by atoms with Gasteiger partial charge in [-0.1, -0.05) is 0 Å². The van der Waals surface area contributed by atoms with Crippen molar-refractivity contribution in [2.75, 3.05) is 13.9 Å². The van der Waals surface area contributed by atoms with E-state index in [9.17, 15) is 24.6 Å². The highest BCUT2D eigenvalue weighted by molar-refractivity contribution is 6.13. The molecule has 4 aliphatic rings. The van der Waals surface area contributed by atoms with E-state index in [-0.39, 0.29) is 43.1 Å². The predicted molar refractivity (Wildman–Crippen MR) is 122 cm³/mol. The number of methoxy groups -OCH3 is 1. The van der Waals surface area contributed by atoms with Crippen molar-refractivity contribution in [1.29, 1.82) is 0 Å². The number of allylic oxidation sites excluding steroid dienone is 1. The second-order valence-corrected chi connectivity index (χ2v) is 10.1. The number of carbonyl (C=O) groups excluding carboxylic acids is 2. The molecule has 2 aliphatic heterocycles. The van der Waals surface area contributed by atoms with Crippen LogP contribution in [-0.4, -0.2) is 52.5 Å². The highest BCUT2D eigenvalue weighted by atomic mass is 16.7. The molecule has 0 amide bonds. The Labute approximate surface area is 205 Å². The number of carbonyl (C=O) groups is 2. The Morgan fingerprint density at radius 3 is 2.44 bits per heavy atom. The minimum Gasteiger partial charge on any atom is -0.493 e. The molecule has 1 aromatic heterocycles. The third-order valence-corrected chi connectivity index (χ3v) is 8.50. The Balaban J connectivity index is 1.49. The van der Waals surface area contributed by atoms with Crippen LogP contribution >= 0.6 is 0 Å². The van der Waals surface area contributed by atoms with Crippen LogP contribution in [0.5, 0.6) is 23.0 Å². The second-order valence-electron chi connectivity index (χ2n) is 10.1. The molecule has 0 bridgehead atoms. The van der Waals surface area contributed by atoms with Gasteiger partial charge in [-0.25, -0.2) is 4.79 Å². The fraction of sp³-hybridized carbons (Fsp3) is 0.423. The highest BCUT2D eigenvalue weighted by Crippen LogP contribution is 2.61. The summed E-state index contributed by atoms with van der Waals surface area (Å²) in [5.41, 5.74) is -7.82. The Morgan fingerprint density at radius 2 is 1.69 bits per heavy atom. The van der Waals surface area contributed by atoms with Crippen LogP contribution in [0.15, 0.2) is 39.6 Å². The van der Waals surface area contributed by atoms with Crippen molar-refractivity contribution in [2.45, 2.75) is 49.9 Å². The van der Waals surface area contributed by atoms with Crippen molar-refractivity contribution in [3.05, 3.63) is 46.3 Å². The van der Waals surface area contributed by atoms with Crippen LogP contribution in [0.25, 0.3) is 11.3 Å². The maximum Gasteiger partial charge on any atom is 0.343 e. The zero-order valence-corrected chi connectivity index (χ0v) is 19.9. The summed E-state index contributed by atoms with van der Waals surface area (Å²) in [6.45, 7) is 3.01. The zero-order chi connectivity index (χ0) is 25.7. The Morgan fingerprint density at radius 1 is 0.944 bits per heavy atom. The van der Waals surface area contributed by atoms with Gasteiger partial charge in [0, 0.05) is 18.1 Å². The lowest BCUT2D eigenvalue weighted by Crippen LogP contribution is -2.80. The Bertz CT molecular complexity index is 1440.